The average molecular weight is 185 g/mol. The number of hydrogen-bond donors (Lipinski definition) is 1. The van der Waals surface area contributed by atoms with Crippen molar-refractivity contribution in [1.82, 2.24) is 4.90 Å². The summed E-state index contributed by atoms with van der Waals surface area (Å²) >= 11 is 0. The first-order chi connectivity index (χ1) is 6.09. The smallest absolute Gasteiger partial charge is 0.306 e. The van der Waals surface area contributed by atoms with Gasteiger partial charge in [0.05, 0.1) is 5.92 Å². The summed E-state index contributed by atoms with van der Waals surface area (Å²) in [5.41, 5.74) is 0. The third kappa shape index (κ3) is 3.35. The van der Waals surface area contributed by atoms with Crippen LogP contribution in [0.25, 0.3) is 0 Å². The van der Waals surface area contributed by atoms with Crippen LogP contribution in [0.3, 0.4) is 0 Å². The summed E-state index contributed by atoms with van der Waals surface area (Å²) in [4.78, 5) is 12.9. The molecule has 0 saturated heterocycles. The molecule has 0 heterocycles. The highest BCUT2D eigenvalue weighted by atomic mass is 16.4. The molecule has 0 radical (unpaired) electrons. The zero-order valence-electron chi connectivity index (χ0n) is 8.49. The molecule has 3 heteroatoms. The van der Waals surface area contributed by atoms with Crippen LogP contribution in [0.15, 0.2) is 0 Å². The zero-order valence-corrected chi connectivity index (χ0v) is 8.49. The normalized spacial score (nSPS) is 29.2. The van der Waals surface area contributed by atoms with E-state index < -0.39 is 5.97 Å². The van der Waals surface area contributed by atoms with Crippen molar-refractivity contribution in [2.75, 3.05) is 20.6 Å². The molecule has 0 amide bonds. The van der Waals surface area contributed by atoms with Gasteiger partial charge in [0.25, 0.3) is 0 Å². The molecule has 1 aliphatic carbocycles. The SMILES string of the molecule is CN(C)C[C@H]1CC[C@H](C(=O)O)CC1. The molecule has 1 fully saturated rings. The lowest BCUT2D eigenvalue weighted by Gasteiger charge is -2.28. The van der Waals surface area contributed by atoms with Crippen LogP contribution in [-0.2, 0) is 4.79 Å². The van der Waals surface area contributed by atoms with E-state index in [4.69, 9.17) is 5.11 Å². The molecule has 0 aliphatic heterocycles. The quantitative estimate of drug-likeness (QED) is 0.723. The molecular formula is C10H19NO2. The van der Waals surface area contributed by atoms with Gasteiger partial charge in [-0.25, -0.2) is 0 Å². The fourth-order valence-corrected chi connectivity index (χ4v) is 2.11. The molecule has 76 valence electrons. The van der Waals surface area contributed by atoms with Crippen molar-refractivity contribution in [3.63, 3.8) is 0 Å². The van der Waals surface area contributed by atoms with Crippen LogP contribution in [0.2, 0.25) is 0 Å². The summed E-state index contributed by atoms with van der Waals surface area (Å²) in [5, 5.41) is 8.80. The summed E-state index contributed by atoms with van der Waals surface area (Å²) in [6.07, 6.45) is 3.89. The van der Waals surface area contributed by atoms with E-state index in [-0.39, 0.29) is 5.92 Å². The predicted octanol–water partition coefficient (Wildman–Crippen LogP) is 1.44. The third-order valence-electron chi connectivity index (χ3n) is 2.82. The number of nitrogens with zero attached hydrogens (tertiary/aromatic N) is 1. The number of carbonyl (C=O) groups is 1. The van der Waals surface area contributed by atoms with Gasteiger partial charge in [-0.15, -0.1) is 0 Å². The number of carboxylic acid groups (broad SMARTS) is 1. The van der Waals surface area contributed by atoms with E-state index in [1.165, 1.54) is 0 Å². The first-order valence-electron chi connectivity index (χ1n) is 4.97. The average Bonchev–Trinajstić information content (AvgIpc) is 2.04. The van der Waals surface area contributed by atoms with Gasteiger partial charge in [-0.3, -0.25) is 4.79 Å². The highest BCUT2D eigenvalue weighted by Gasteiger charge is 2.25. The van der Waals surface area contributed by atoms with Crippen LogP contribution in [0.1, 0.15) is 25.7 Å². The second-order valence-electron chi connectivity index (χ2n) is 4.32. The summed E-state index contributed by atoms with van der Waals surface area (Å²) in [6.45, 7) is 1.10. The van der Waals surface area contributed by atoms with Crippen molar-refractivity contribution >= 4 is 5.97 Å². The van der Waals surface area contributed by atoms with Gasteiger partial charge in [0, 0.05) is 6.54 Å². The number of hydrogen-bond acceptors (Lipinski definition) is 2. The van der Waals surface area contributed by atoms with Crippen molar-refractivity contribution in [3.05, 3.63) is 0 Å². The second-order valence-corrected chi connectivity index (χ2v) is 4.32. The summed E-state index contributed by atoms with van der Waals surface area (Å²) in [6, 6.07) is 0. The summed E-state index contributed by atoms with van der Waals surface area (Å²) in [7, 11) is 4.15. The molecule has 13 heavy (non-hydrogen) atoms. The van der Waals surface area contributed by atoms with Crippen LogP contribution < -0.4 is 0 Å². The molecule has 0 unspecified atom stereocenters. The summed E-state index contributed by atoms with van der Waals surface area (Å²) < 4.78 is 0. The van der Waals surface area contributed by atoms with Gasteiger partial charge < -0.3 is 10.0 Å². The van der Waals surface area contributed by atoms with Crippen LogP contribution in [0.4, 0.5) is 0 Å². The minimum atomic E-state index is -0.608. The molecule has 1 N–H and O–H groups in total. The van der Waals surface area contributed by atoms with Gasteiger partial charge in [0.1, 0.15) is 0 Å². The van der Waals surface area contributed by atoms with E-state index in [0.717, 1.165) is 32.2 Å². The highest BCUT2D eigenvalue weighted by molar-refractivity contribution is 5.69. The molecule has 1 saturated carbocycles. The van der Waals surface area contributed by atoms with Crippen LogP contribution in [-0.4, -0.2) is 36.6 Å². The number of aliphatic carboxylic acids is 1. The van der Waals surface area contributed by atoms with E-state index in [9.17, 15) is 4.79 Å². The van der Waals surface area contributed by atoms with E-state index in [2.05, 4.69) is 19.0 Å². The van der Waals surface area contributed by atoms with E-state index in [1.54, 1.807) is 0 Å². The Labute approximate surface area is 79.7 Å². The molecule has 0 aromatic carbocycles. The van der Waals surface area contributed by atoms with E-state index >= 15 is 0 Å². The van der Waals surface area contributed by atoms with Crippen molar-refractivity contribution in [2.24, 2.45) is 11.8 Å². The summed E-state index contributed by atoms with van der Waals surface area (Å²) in [5.74, 6) is 0.0346. The number of carboxylic acids is 1. The number of rotatable bonds is 3. The van der Waals surface area contributed by atoms with Gasteiger partial charge in [0.15, 0.2) is 0 Å². The third-order valence-corrected chi connectivity index (χ3v) is 2.82. The Kier molecular flexibility index (Phi) is 3.72. The first kappa shape index (κ1) is 10.5. The first-order valence-corrected chi connectivity index (χ1v) is 4.97. The predicted molar refractivity (Wildman–Crippen MR) is 51.6 cm³/mol. The second kappa shape index (κ2) is 4.61. The van der Waals surface area contributed by atoms with Crippen LogP contribution >= 0.6 is 0 Å². The molecular weight excluding hydrogens is 166 g/mol. The largest absolute Gasteiger partial charge is 0.481 e. The topological polar surface area (TPSA) is 40.5 Å². The lowest BCUT2D eigenvalue weighted by atomic mass is 9.82. The molecule has 0 spiro atoms. The lowest BCUT2D eigenvalue weighted by molar-refractivity contribution is -0.143. The van der Waals surface area contributed by atoms with E-state index in [1.807, 2.05) is 0 Å². The van der Waals surface area contributed by atoms with Gasteiger partial charge in [-0.2, -0.15) is 0 Å². The van der Waals surface area contributed by atoms with Crippen molar-refractivity contribution in [3.8, 4) is 0 Å². The Bertz CT molecular complexity index is 172. The maximum atomic E-state index is 10.7. The maximum absolute atomic E-state index is 10.7. The Morgan fingerprint density at radius 2 is 1.85 bits per heavy atom. The molecule has 0 aromatic rings. The van der Waals surface area contributed by atoms with Crippen molar-refractivity contribution in [1.29, 1.82) is 0 Å². The Morgan fingerprint density at radius 3 is 2.23 bits per heavy atom. The minimum absolute atomic E-state index is 0.0709. The van der Waals surface area contributed by atoms with Gasteiger partial charge in [0.2, 0.25) is 0 Å². The lowest BCUT2D eigenvalue weighted by Crippen LogP contribution is -2.28. The van der Waals surface area contributed by atoms with Gasteiger partial charge in [-0.05, 0) is 45.7 Å². The van der Waals surface area contributed by atoms with Crippen LogP contribution in [0, 0.1) is 11.8 Å². The van der Waals surface area contributed by atoms with E-state index in [0.29, 0.717) is 5.92 Å². The Hall–Kier alpha value is -0.570. The standard InChI is InChI=1S/C10H19NO2/c1-11(2)7-8-3-5-9(6-4-8)10(12)13/h8-9H,3-7H2,1-2H3,(H,12,13)/t8-,9-. The monoisotopic (exact) mass is 185 g/mol. The molecule has 1 rings (SSSR count). The Morgan fingerprint density at radius 1 is 1.31 bits per heavy atom. The van der Waals surface area contributed by atoms with Crippen molar-refractivity contribution in [2.45, 2.75) is 25.7 Å². The highest BCUT2D eigenvalue weighted by Crippen LogP contribution is 2.28. The fraction of sp³-hybridized carbons (Fsp3) is 0.900. The van der Waals surface area contributed by atoms with Gasteiger partial charge in [-0.1, -0.05) is 0 Å². The molecule has 1 aliphatic rings. The molecule has 3 nitrogen and oxygen atoms in total. The zero-order chi connectivity index (χ0) is 9.84. The maximum Gasteiger partial charge on any atom is 0.306 e. The Balaban J connectivity index is 2.26. The van der Waals surface area contributed by atoms with Gasteiger partial charge >= 0.3 is 5.97 Å². The van der Waals surface area contributed by atoms with Crippen LogP contribution in [0.5, 0.6) is 0 Å². The molecule has 0 aromatic heterocycles. The fourth-order valence-electron chi connectivity index (χ4n) is 2.11. The molecule has 0 atom stereocenters. The minimum Gasteiger partial charge on any atom is -0.481 e. The van der Waals surface area contributed by atoms with Crippen molar-refractivity contribution < 1.29 is 9.90 Å². The molecule has 0 bridgehead atoms.